The molecule has 0 aliphatic carbocycles. The molecule has 8 heteroatoms. The summed E-state index contributed by atoms with van der Waals surface area (Å²) >= 11 is 0. The monoisotopic (exact) mass is 466 g/mol. The molecule has 8 nitrogen and oxygen atoms in total. The number of aryl methyl sites for hydroxylation is 2. The van der Waals surface area contributed by atoms with Gasteiger partial charge in [-0.3, -0.25) is 19.7 Å². The average molecular weight is 466 g/mol. The number of fused-ring (bicyclic) bond motifs is 4. The Bertz CT molecular complexity index is 1700. The molecule has 0 fully saturated rings. The number of hydrogen-bond acceptors (Lipinski definition) is 5. The highest BCUT2D eigenvalue weighted by Gasteiger charge is 2.16. The van der Waals surface area contributed by atoms with Crippen LogP contribution in [0.25, 0.3) is 27.5 Å². The van der Waals surface area contributed by atoms with Crippen molar-refractivity contribution < 1.29 is 14.3 Å². The van der Waals surface area contributed by atoms with E-state index in [1.165, 1.54) is 4.68 Å². The van der Waals surface area contributed by atoms with Crippen LogP contribution in [0.5, 0.6) is 11.5 Å². The maximum atomic E-state index is 13.1. The summed E-state index contributed by atoms with van der Waals surface area (Å²) < 4.78 is 12.3. The Morgan fingerprint density at radius 3 is 2.71 bits per heavy atom. The summed E-state index contributed by atoms with van der Waals surface area (Å²) in [6.07, 6.45) is 1.58. The van der Waals surface area contributed by atoms with E-state index in [-0.39, 0.29) is 18.3 Å². The van der Waals surface area contributed by atoms with E-state index in [0.29, 0.717) is 45.4 Å². The average Bonchev–Trinajstić information content (AvgIpc) is 3.48. The Balaban J connectivity index is 1.34. The number of hydrogen-bond donors (Lipinski definition) is 2. The van der Waals surface area contributed by atoms with Crippen LogP contribution in [0.1, 0.15) is 27.0 Å². The summed E-state index contributed by atoms with van der Waals surface area (Å²) in [5, 5.41) is 7.34. The van der Waals surface area contributed by atoms with E-state index in [1.54, 1.807) is 24.4 Å². The molecule has 1 amide bonds. The second kappa shape index (κ2) is 8.02. The van der Waals surface area contributed by atoms with Gasteiger partial charge in [0.05, 0.1) is 22.1 Å². The van der Waals surface area contributed by atoms with Crippen molar-refractivity contribution in [3.63, 3.8) is 0 Å². The first-order valence-corrected chi connectivity index (χ1v) is 11.3. The smallest absolute Gasteiger partial charge is 0.280 e. The molecule has 0 radical (unpaired) electrons. The molecule has 2 N–H and O–H groups in total. The van der Waals surface area contributed by atoms with Gasteiger partial charge in [0.15, 0.2) is 11.5 Å². The molecule has 0 spiro atoms. The lowest BCUT2D eigenvalue weighted by Crippen LogP contribution is -2.22. The molecule has 0 saturated carbocycles. The predicted molar refractivity (Wildman–Crippen MR) is 132 cm³/mol. The summed E-state index contributed by atoms with van der Waals surface area (Å²) in [6.45, 7) is 4.59. The zero-order chi connectivity index (χ0) is 24.1. The van der Waals surface area contributed by atoms with Gasteiger partial charge >= 0.3 is 0 Å². The number of rotatable bonds is 4. The summed E-state index contributed by atoms with van der Waals surface area (Å²) in [5.41, 5.74) is 5.53. The van der Waals surface area contributed by atoms with Gasteiger partial charge in [-0.25, -0.2) is 4.68 Å². The number of pyridine rings is 1. The van der Waals surface area contributed by atoms with E-state index < -0.39 is 0 Å². The fourth-order valence-electron chi connectivity index (χ4n) is 4.28. The first kappa shape index (κ1) is 21.0. The lowest BCUT2D eigenvalue weighted by molar-refractivity contribution is 0.0951. The Labute approximate surface area is 200 Å². The minimum Gasteiger partial charge on any atom is -0.454 e. The van der Waals surface area contributed by atoms with Gasteiger partial charge in [0.1, 0.15) is 0 Å². The van der Waals surface area contributed by atoms with Crippen LogP contribution >= 0.6 is 0 Å². The molecular formula is C27H22N4O4. The van der Waals surface area contributed by atoms with Crippen molar-refractivity contribution in [1.29, 1.82) is 0 Å². The second-order valence-corrected chi connectivity index (χ2v) is 8.67. The highest BCUT2D eigenvalue weighted by molar-refractivity contribution is 6.06. The third-order valence-corrected chi connectivity index (χ3v) is 6.43. The molecule has 1 aliphatic rings. The number of aromatic nitrogens is 3. The Hall–Kier alpha value is -4.59. The number of nitrogens with zero attached hydrogens (tertiary/aromatic N) is 2. The number of H-pyrrole nitrogens is 1. The molecule has 0 saturated heterocycles. The predicted octanol–water partition coefficient (Wildman–Crippen LogP) is 4.14. The van der Waals surface area contributed by atoms with Crippen LogP contribution in [0.15, 0.2) is 65.6 Å². The number of benzene rings is 3. The molecule has 1 aliphatic heterocycles. The molecule has 2 aromatic heterocycles. The maximum Gasteiger partial charge on any atom is 0.280 e. The number of carbonyl (C=O) groups is 1. The fraction of sp³-hybridized carbons (Fsp3) is 0.148. The van der Waals surface area contributed by atoms with E-state index >= 15 is 0 Å². The standard InChI is InChI=1S/C27H22N4O4/c1-15-3-6-19(9-16(15)2)31-27(33)21-13-28-22-7-5-18(11-20(22)25(21)30-31)26(32)29-12-17-4-8-23-24(10-17)35-14-34-23/h3-11,13,30H,12,14H2,1-2H3,(H,29,32). The lowest BCUT2D eigenvalue weighted by Gasteiger charge is -2.08. The Morgan fingerprint density at radius 2 is 1.86 bits per heavy atom. The molecule has 6 rings (SSSR count). The highest BCUT2D eigenvalue weighted by Crippen LogP contribution is 2.32. The van der Waals surface area contributed by atoms with E-state index in [9.17, 15) is 9.59 Å². The molecule has 5 aromatic rings. The van der Waals surface area contributed by atoms with Crippen molar-refractivity contribution in [2.75, 3.05) is 6.79 Å². The zero-order valence-electron chi connectivity index (χ0n) is 19.2. The quantitative estimate of drug-likeness (QED) is 0.415. The molecular weight excluding hydrogens is 444 g/mol. The minimum absolute atomic E-state index is 0.185. The van der Waals surface area contributed by atoms with E-state index in [4.69, 9.17) is 9.47 Å². The molecule has 3 aromatic carbocycles. The van der Waals surface area contributed by atoms with Gasteiger partial charge in [-0.15, -0.1) is 0 Å². The summed E-state index contributed by atoms with van der Waals surface area (Å²) in [4.78, 5) is 30.5. The normalized spacial score (nSPS) is 12.4. The largest absolute Gasteiger partial charge is 0.454 e. The summed E-state index contributed by atoms with van der Waals surface area (Å²) in [5.74, 6) is 1.15. The molecule has 0 atom stereocenters. The molecule has 35 heavy (non-hydrogen) atoms. The van der Waals surface area contributed by atoms with Gasteiger partial charge < -0.3 is 14.8 Å². The Morgan fingerprint density at radius 1 is 1.00 bits per heavy atom. The fourth-order valence-corrected chi connectivity index (χ4v) is 4.28. The molecule has 0 unspecified atom stereocenters. The van der Waals surface area contributed by atoms with Crippen LogP contribution in [0, 0.1) is 13.8 Å². The molecule has 174 valence electrons. The summed E-state index contributed by atoms with van der Waals surface area (Å²) in [6, 6.07) is 16.7. The number of carbonyl (C=O) groups excluding carboxylic acids is 1. The SMILES string of the molecule is Cc1ccc(-n2[nH]c3c(cnc4ccc(C(=O)NCc5ccc6c(c5)OCO6)cc43)c2=O)cc1C. The molecule has 0 bridgehead atoms. The maximum absolute atomic E-state index is 13.1. The lowest BCUT2D eigenvalue weighted by atomic mass is 10.1. The van der Waals surface area contributed by atoms with Crippen molar-refractivity contribution in [3.05, 3.63) is 93.4 Å². The number of nitrogens with one attached hydrogen (secondary N) is 2. The number of ether oxygens (including phenoxy) is 2. The van der Waals surface area contributed by atoms with Gasteiger partial charge in [0.25, 0.3) is 11.5 Å². The van der Waals surface area contributed by atoms with Crippen molar-refractivity contribution >= 4 is 27.7 Å². The molecule has 3 heterocycles. The van der Waals surface area contributed by atoms with Crippen LogP contribution in [0.3, 0.4) is 0 Å². The van der Waals surface area contributed by atoms with E-state index in [2.05, 4.69) is 15.4 Å². The third-order valence-electron chi connectivity index (χ3n) is 6.43. The summed E-state index contributed by atoms with van der Waals surface area (Å²) in [7, 11) is 0. The van der Waals surface area contributed by atoms with E-state index in [0.717, 1.165) is 22.4 Å². The van der Waals surface area contributed by atoms with Crippen molar-refractivity contribution in [2.45, 2.75) is 20.4 Å². The van der Waals surface area contributed by atoms with Gasteiger partial charge in [-0.1, -0.05) is 12.1 Å². The second-order valence-electron chi connectivity index (χ2n) is 8.67. The van der Waals surface area contributed by atoms with Crippen LogP contribution in [0.4, 0.5) is 0 Å². The van der Waals surface area contributed by atoms with Crippen LogP contribution in [-0.4, -0.2) is 27.5 Å². The first-order valence-electron chi connectivity index (χ1n) is 11.3. The van der Waals surface area contributed by atoms with Crippen LogP contribution in [-0.2, 0) is 6.54 Å². The van der Waals surface area contributed by atoms with Gasteiger partial charge in [-0.2, -0.15) is 0 Å². The van der Waals surface area contributed by atoms with Gasteiger partial charge in [0, 0.05) is 23.7 Å². The van der Waals surface area contributed by atoms with Crippen LogP contribution < -0.4 is 20.3 Å². The van der Waals surface area contributed by atoms with Crippen molar-refractivity contribution in [2.24, 2.45) is 0 Å². The number of amides is 1. The van der Waals surface area contributed by atoms with Crippen LogP contribution in [0.2, 0.25) is 0 Å². The zero-order valence-corrected chi connectivity index (χ0v) is 19.2. The van der Waals surface area contributed by atoms with Gasteiger partial charge in [0.2, 0.25) is 6.79 Å². The topological polar surface area (TPSA) is 98.2 Å². The van der Waals surface area contributed by atoms with Gasteiger partial charge in [-0.05, 0) is 73.0 Å². The highest BCUT2D eigenvalue weighted by atomic mass is 16.7. The first-order chi connectivity index (χ1) is 17.0. The van der Waals surface area contributed by atoms with E-state index in [1.807, 2.05) is 50.2 Å². The number of aromatic amines is 1. The Kier molecular flexibility index (Phi) is 4.81. The van der Waals surface area contributed by atoms with Crippen molar-refractivity contribution in [1.82, 2.24) is 20.1 Å². The van der Waals surface area contributed by atoms with Crippen molar-refractivity contribution in [3.8, 4) is 17.2 Å². The third kappa shape index (κ3) is 3.59. The minimum atomic E-state index is -0.225.